The Kier molecular flexibility index (Phi) is 7.89. The van der Waals surface area contributed by atoms with Crippen molar-refractivity contribution >= 4 is 21.6 Å². The lowest BCUT2D eigenvalue weighted by Gasteiger charge is -2.24. The summed E-state index contributed by atoms with van der Waals surface area (Å²) in [6.45, 7) is 6.35. The zero-order valence-electron chi connectivity index (χ0n) is 17.2. The smallest absolute Gasteiger partial charge is 0.243 e. The van der Waals surface area contributed by atoms with Crippen molar-refractivity contribution in [2.45, 2.75) is 31.7 Å². The highest BCUT2D eigenvalue weighted by molar-refractivity contribution is 7.89. The van der Waals surface area contributed by atoms with Crippen molar-refractivity contribution in [3.63, 3.8) is 0 Å². The molecule has 6 nitrogen and oxygen atoms in total. The van der Waals surface area contributed by atoms with Gasteiger partial charge in [-0.2, -0.15) is 4.31 Å². The summed E-state index contributed by atoms with van der Waals surface area (Å²) in [7, 11) is -1.79. The molecule has 0 heterocycles. The van der Waals surface area contributed by atoms with Crippen LogP contribution in [0.2, 0.25) is 0 Å². The van der Waals surface area contributed by atoms with Gasteiger partial charge in [0.1, 0.15) is 5.82 Å². The van der Waals surface area contributed by atoms with Crippen molar-refractivity contribution in [2.75, 3.05) is 32.0 Å². The van der Waals surface area contributed by atoms with Gasteiger partial charge in [0.15, 0.2) is 0 Å². The van der Waals surface area contributed by atoms with Crippen LogP contribution in [0.5, 0.6) is 0 Å². The molecule has 0 aromatic heterocycles. The van der Waals surface area contributed by atoms with E-state index in [2.05, 4.69) is 5.32 Å². The number of carbonyl (C=O) groups excluding carboxylic acids is 1. The monoisotopic (exact) mass is 421 g/mol. The highest BCUT2D eigenvalue weighted by atomic mass is 32.2. The SMILES string of the molecule is CCN(CC)S(=O)(=O)c1cccc(NC(=O)CN(C)C(C)c2ccc(F)cc2)c1. The van der Waals surface area contributed by atoms with Crippen molar-refractivity contribution in [1.82, 2.24) is 9.21 Å². The van der Waals surface area contributed by atoms with E-state index in [4.69, 9.17) is 0 Å². The molecule has 8 heteroatoms. The molecule has 158 valence electrons. The van der Waals surface area contributed by atoms with E-state index < -0.39 is 10.0 Å². The summed E-state index contributed by atoms with van der Waals surface area (Å²) >= 11 is 0. The second-order valence-corrected chi connectivity index (χ2v) is 8.75. The topological polar surface area (TPSA) is 69.7 Å². The molecule has 1 N–H and O–H groups in total. The first-order valence-electron chi connectivity index (χ1n) is 9.54. The van der Waals surface area contributed by atoms with Crippen molar-refractivity contribution in [3.05, 3.63) is 59.9 Å². The number of anilines is 1. The molecular weight excluding hydrogens is 393 g/mol. The van der Waals surface area contributed by atoms with Gasteiger partial charge in [-0.15, -0.1) is 0 Å². The lowest BCUT2D eigenvalue weighted by molar-refractivity contribution is -0.117. The second kappa shape index (κ2) is 9.96. The predicted molar refractivity (Wildman–Crippen MR) is 113 cm³/mol. The number of nitrogens with zero attached hydrogens (tertiary/aromatic N) is 2. The van der Waals surface area contributed by atoms with Crippen LogP contribution < -0.4 is 5.32 Å². The van der Waals surface area contributed by atoms with Gasteiger partial charge < -0.3 is 5.32 Å². The minimum Gasteiger partial charge on any atom is -0.325 e. The molecule has 0 spiro atoms. The van der Waals surface area contributed by atoms with Crippen molar-refractivity contribution in [2.24, 2.45) is 0 Å². The first kappa shape index (κ1) is 23.0. The van der Waals surface area contributed by atoms with Crippen LogP contribution in [0.4, 0.5) is 10.1 Å². The lowest BCUT2D eigenvalue weighted by atomic mass is 10.1. The molecule has 1 amide bonds. The van der Waals surface area contributed by atoms with Crippen LogP contribution in [0.3, 0.4) is 0 Å². The van der Waals surface area contributed by atoms with Gasteiger partial charge in [0.25, 0.3) is 0 Å². The Morgan fingerprint density at radius 1 is 1.10 bits per heavy atom. The molecule has 2 aromatic carbocycles. The van der Waals surface area contributed by atoms with E-state index in [9.17, 15) is 17.6 Å². The third-order valence-electron chi connectivity index (χ3n) is 4.87. The van der Waals surface area contributed by atoms with Crippen molar-refractivity contribution in [3.8, 4) is 0 Å². The molecular formula is C21H28FN3O3S. The summed E-state index contributed by atoms with van der Waals surface area (Å²) < 4.78 is 39.8. The van der Waals surface area contributed by atoms with E-state index in [-0.39, 0.29) is 29.2 Å². The summed E-state index contributed by atoms with van der Waals surface area (Å²) in [6.07, 6.45) is 0. The number of carbonyl (C=O) groups is 1. The van der Waals surface area contributed by atoms with Crippen molar-refractivity contribution in [1.29, 1.82) is 0 Å². The Hall–Kier alpha value is -2.29. The molecule has 2 rings (SSSR count). The molecule has 0 radical (unpaired) electrons. The Labute approximate surface area is 172 Å². The van der Waals surface area contributed by atoms with E-state index in [0.29, 0.717) is 18.8 Å². The zero-order valence-corrected chi connectivity index (χ0v) is 18.0. The fraction of sp³-hybridized carbons (Fsp3) is 0.381. The maximum Gasteiger partial charge on any atom is 0.243 e. The van der Waals surface area contributed by atoms with Gasteiger partial charge in [0.2, 0.25) is 15.9 Å². The average molecular weight is 422 g/mol. The molecule has 0 aliphatic heterocycles. The highest BCUT2D eigenvalue weighted by Gasteiger charge is 2.22. The molecule has 29 heavy (non-hydrogen) atoms. The number of hydrogen-bond acceptors (Lipinski definition) is 4. The van der Waals surface area contributed by atoms with E-state index in [1.54, 1.807) is 45.2 Å². The molecule has 1 unspecified atom stereocenters. The Morgan fingerprint density at radius 3 is 2.31 bits per heavy atom. The van der Waals surface area contributed by atoms with Gasteiger partial charge in [0, 0.05) is 24.8 Å². The van der Waals surface area contributed by atoms with Gasteiger partial charge in [-0.3, -0.25) is 9.69 Å². The second-order valence-electron chi connectivity index (χ2n) is 6.81. The summed E-state index contributed by atoms with van der Waals surface area (Å²) in [5.74, 6) is -0.570. The molecule has 0 aliphatic rings. The quantitative estimate of drug-likeness (QED) is 0.673. The fourth-order valence-corrected chi connectivity index (χ4v) is 4.51. The maximum absolute atomic E-state index is 13.1. The molecule has 0 saturated carbocycles. The number of likely N-dealkylation sites (N-methyl/N-ethyl adjacent to an activating group) is 1. The van der Waals surface area contributed by atoms with Gasteiger partial charge in [-0.25, -0.2) is 12.8 Å². The number of halogens is 1. The van der Waals surface area contributed by atoms with Gasteiger partial charge >= 0.3 is 0 Å². The van der Waals surface area contributed by atoms with Crippen LogP contribution in [-0.4, -0.2) is 50.2 Å². The maximum atomic E-state index is 13.1. The van der Waals surface area contributed by atoms with Crippen molar-refractivity contribution < 1.29 is 17.6 Å². The molecule has 0 aliphatic carbocycles. The minimum absolute atomic E-state index is 0.0873. The predicted octanol–water partition coefficient (Wildman–Crippen LogP) is 3.49. The lowest BCUT2D eigenvalue weighted by Crippen LogP contribution is -2.32. The standard InChI is InChI=1S/C21H28FN3O3S/c1-5-25(6-2)29(27,28)20-9-7-8-19(14-20)23-21(26)15-24(4)16(3)17-10-12-18(22)13-11-17/h7-14,16H,5-6,15H2,1-4H3,(H,23,26). The third kappa shape index (κ3) is 5.85. The van der Waals surface area contributed by atoms with Crippen LogP contribution in [0.25, 0.3) is 0 Å². The summed E-state index contributed by atoms with van der Waals surface area (Å²) in [5, 5.41) is 2.75. The first-order valence-corrected chi connectivity index (χ1v) is 11.0. The largest absolute Gasteiger partial charge is 0.325 e. The number of nitrogens with one attached hydrogen (secondary N) is 1. The van der Waals surface area contributed by atoms with E-state index in [1.807, 2.05) is 11.8 Å². The minimum atomic E-state index is -3.59. The summed E-state index contributed by atoms with van der Waals surface area (Å²) in [6, 6.07) is 12.3. The van der Waals surface area contributed by atoms with E-state index >= 15 is 0 Å². The van der Waals surface area contributed by atoms with E-state index in [1.165, 1.54) is 28.6 Å². The zero-order chi connectivity index (χ0) is 21.6. The molecule has 0 fully saturated rings. The number of hydrogen-bond donors (Lipinski definition) is 1. The van der Waals surface area contributed by atoms with Crippen LogP contribution in [0, 0.1) is 5.82 Å². The van der Waals surface area contributed by atoms with Crippen LogP contribution in [-0.2, 0) is 14.8 Å². The molecule has 2 aromatic rings. The van der Waals surface area contributed by atoms with Crippen LogP contribution in [0.15, 0.2) is 53.4 Å². The van der Waals surface area contributed by atoms with Crippen LogP contribution in [0.1, 0.15) is 32.4 Å². The Morgan fingerprint density at radius 2 is 1.72 bits per heavy atom. The number of rotatable bonds is 9. The number of sulfonamides is 1. The Bertz CT molecular complexity index is 928. The average Bonchev–Trinajstić information content (AvgIpc) is 2.68. The molecule has 0 saturated heterocycles. The summed E-state index contributed by atoms with van der Waals surface area (Å²) in [5.41, 5.74) is 1.32. The fourth-order valence-electron chi connectivity index (χ4n) is 3.01. The van der Waals surface area contributed by atoms with Gasteiger partial charge in [0.05, 0.1) is 11.4 Å². The molecule has 0 bridgehead atoms. The highest BCUT2D eigenvalue weighted by Crippen LogP contribution is 2.21. The van der Waals surface area contributed by atoms with Crippen LogP contribution >= 0.6 is 0 Å². The summed E-state index contributed by atoms with van der Waals surface area (Å²) in [4.78, 5) is 14.4. The first-order chi connectivity index (χ1) is 13.7. The number of amides is 1. The number of benzene rings is 2. The van der Waals surface area contributed by atoms with Gasteiger partial charge in [-0.1, -0.05) is 32.0 Å². The molecule has 1 atom stereocenters. The van der Waals surface area contributed by atoms with Gasteiger partial charge in [-0.05, 0) is 49.9 Å². The Balaban J connectivity index is 2.06. The van der Waals surface area contributed by atoms with E-state index in [0.717, 1.165) is 5.56 Å². The normalized spacial score (nSPS) is 12.9. The third-order valence-corrected chi connectivity index (χ3v) is 6.91.